The number of nitrogens with zero attached hydrogens (tertiary/aromatic N) is 1. The number of fused-ring (bicyclic) bond motifs is 4. The Morgan fingerprint density at radius 1 is 1.03 bits per heavy atom. The van der Waals surface area contributed by atoms with Crippen molar-refractivity contribution in [1.82, 2.24) is 0 Å². The van der Waals surface area contributed by atoms with Gasteiger partial charge in [-0.2, -0.15) is 0 Å². The monoisotopic (exact) mass is 481 g/mol. The highest BCUT2D eigenvalue weighted by Crippen LogP contribution is 2.64. The predicted molar refractivity (Wildman–Crippen MR) is 141 cm³/mol. The zero-order valence-corrected chi connectivity index (χ0v) is 21.0. The predicted octanol–water partition coefficient (Wildman–Crippen LogP) is 6.98. The van der Waals surface area contributed by atoms with Crippen LogP contribution in [-0.2, 0) is 16.1 Å². The van der Waals surface area contributed by atoms with Crippen LogP contribution in [0.15, 0.2) is 82.5 Å². The zero-order valence-electron chi connectivity index (χ0n) is 21.0. The number of hydrogen-bond donors (Lipinski definition) is 1. The van der Waals surface area contributed by atoms with Gasteiger partial charge in [-0.3, -0.25) is 4.79 Å². The molecule has 4 aliphatic carbocycles. The number of ketones is 1. The second kappa shape index (κ2) is 9.48. The van der Waals surface area contributed by atoms with Gasteiger partial charge in [-0.1, -0.05) is 72.2 Å². The molecule has 4 nitrogen and oxygen atoms in total. The van der Waals surface area contributed by atoms with Crippen LogP contribution in [0.4, 0.5) is 0 Å². The lowest BCUT2D eigenvalue weighted by Crippen LogP contribution is -2.45. The number of hydrogen-bond acceptors (Lipinski definition) is 4. The molecule has 2 aromatic carbocycles. The molecule has 0 amide bonds. The average Bonchev–Trinajstić information content (AvgIpc) is 3.24. The normalized spacial score (nSPS) is 31.7. The Kier molecular flexibility index (Phi) is 6.17. The van der Waals surface area contributed by atoms with Gasteiger partial charge in [-0.05, 0) is 89.7 Å². The van der Waals surface area contributed by atoms with Crippen LogP contribution < -0.4 is 0 Å². The average molecular weight is 482 g/mol. The first-order valence-electron chi connectivity index (χ1n) is 13.5. The largest absolute Gasteiger partial charge is 0.411 e. The lowest BCUT2D eigenvalue weighted by Gasteiger charge is -2.52. The first-order valence-corrected chi connectivity index (χ1v) is 13.5. The summed E-state index contributed by atoms with van der Waals surface area (Å²) in [6.45, 7) is 3.15. The van der Waals surface area contributed by atoms with Gasteiger partial charge in [0.25, 0.3) is 0 Å². The smallest absolute Gasteiger partial charge is 0.156 e. The number of oxime groups is 1. The van der Waals surface area contributed by atoms with Crippen LogP contribution in [0.25, 0.3) is 0 Å². The third-order valence-electron chi connectivity index (χ3n) is 9.48. The molecule has 0 saturated heterocycles. The maximum absolute atomic E-state index is 12.2. The lowest BCUT2D eigenvalue weighted by molar-refractivity contribution is -0.114. The van der Waals surface area contributed by atoms with E-state index in [4.69, 9.17) is 9.94 Å². The van der Waals surface area contributed by atoms with Gasteiger partial charge in [0.15, 0.2) is 5.78 Å². The maximum atomic E-state index is 12.2. The topological polar surface area (TPSA) is 58.9 Å². The van der Waals surface area contributed by atoms with Crippen LogP contribution in [0, 0.1) is 17.3 Å². The van der Waals surface area contributed by atoms with E-state index in [-0.39, 0.29) is 17.3 Å². The molecule has 0 radical (unpaired) electrons. The van der Waals surface area contributed by atoms with Gasteiger partial charge in [-0.15, -0.1) is 0 Å². The van der Waals surface area contributed by atoms with Gasteiger partial charge in [0.1, 0.15) is 0 Å². The second-order valence-electron chi connectivity index (χ2n) is 11.4. The number of rotatable bonds is 5. The molecule has 0 aliphatic heterocycles. The zero-order chi connectivity index (χ0) is 24.7. The summed E-state index contributed by atoms with van der Waals surface area (Å²) in [4.78, 5) is 12.2. The standard InChI is InChI=1S/C32H35NO3/c1-32-18-28(23-9-7-21(8-10-23)19-33-35)31-26-14-12-25(34)17-24(26)11-13-27(31)29(32)15-16-30(32)36-20-22-5-3-2-4-6-22/h2-10,17,19,27-30,35H,11-16,18,20H2,1H3/b33-19+/t27?,28-,29?,30+,32+/m1/s1. The number of carbonyl (C=O) groups is 1. The van der Waals surface area contributed by atoms with Crippen LogP contribution in [0.2, 0.25) is 0 Å². The molecule has 2 unspecified atom stereocenters. The molecule has 2 fully saturated rings. The Morgan fingerprint density at radius 2 is 1.83 bits per heavy atom. The summed E-state index contributed by atoms with van der Waals surface area (Å²) in [5, 5.41) is 12.2. The van der Waals surface area contributed by atoms with Crippen molar-refractivity contribution in [2.75, 3.05) is 0 Å². The highest BCUT2D eigenvalue weighted by Gasteiger charge is 2.57. The number of ether oxygens (including phenoxy) is 1. The lowest BCUT2D eigenvalue weighted by atomic mass is 9.53. The molecule has 5 atom stereocenters. The number of allylic oxidation sites excluding steroid dienone is 4. The molecule has 2 saturated carbocycles. The number of benzene rings is 2. The maximum Gasteiger partial charge on any atom is 0.156 e. The summed E-state index contributed by atoms with van der Waals surface area (Å²) < 4.78 is 6.68. The third kappa shape index (κ3) is 4.06. The van der Waals surface area contributed by atoms with E-state index in [1.807, 2.05) is 18.2 Å². The van der Waals surface area contributed by atoms with E-state index in [2.05, 4.69) is 54.5 Å². The molecular formula is C32H35NO3. The van der Waals surface area contributed by atoms with Crippen LogP contribution in [0.5, 0.6) is 0 Å². The minimum atomic E-state index is 0.116. The molecule has 36 heavy (non-hydrogen) atoms. The molecule has 0 aromatic heterocycles. The molecule has 0 bridgehead atoms. The Labute approximate surface area is 213 Å². The van der Waals surface area contributed by atoms with Crippen molar-refractivity contribution in [1.29, 1.82) is 0 Å². The molecule has 2 aromatic rings. The Balaban J connectivity index is 1.38. The van der Waals surface area contributed by atoms with Gasteiger partial charge in [0.2, 0.25) is 0 Å². The van der Waals surface area contributed by atoms with Crippen LogP contribution >= 0.6 is 0 Å². The van der Waals surface area contributed by atoms with E-state index in [9.17, 15) is 4.79 Å². The van der Waals surface area contributed by atoms with Gasteiger partial charge >= 0.3 is 0 Å². The summed E-state index contributed by atoms with van der Waals surface area (Å²) in [7, 11) is 0. The highest BCUT2D eigenvalue weighted by atomic mass is 16.5. The van der Waals surface area contributed by atoms with Gasteiger partial charge < -0.3 is 9.94 Å². The molecule has 0 heterocycles. The minimum Gasteiger partial charge on any atom is -0.411 e. The van der Waals surface area contributed by atoms with Crippen LogP contribution in [0.1, 0.15) is 74.5 Å². The van der Waals surface area contributed by atoms with Crippen molar-refractivity contribution in [3.63, 3.8) is 0 Å². The minimum absolute atomic E-state index is 0.116. The highest BCUT2D eigenvalue weighted by molar-refractivity contribution is 5.93. The van der Waals surface area contributed by atoms with E-state index in [1.54, 1.807) is 5.57 Å². The van der Waals surface area contributed by atoms with E-state index in [0.717, 1.165) is 37.7 Å². The summed E-state index contributed by atoms with van der Waals surface area (Å²) in [5.41, 5.74) is 7.95. The van der Waals surface area contributed by atoms with Gasteiger partial charge in [0.05, 0.1) is 18.9 Å². The summed E-state index contributed by atoms with van der Waals surface area (Å²) in [6, 6.07) is 19.0. The molecule has 4 heteroatoms. The van der Waals surface area contributed by atoms with Gasteiger partial charge in [0, 0.05) is 12.3 Å². The Hall–Kier alpha value is -2.98. The number of carbonyl (C=O) groups excluding carboxylic acids is 1. The fraction of sp³-hybridized carbons (Fsp3) is 0.438. The molecule has 186 valence electrons. The van der Waals surface area contributed by atoms with Crippen molar-refractivity contribution in [2.45, 2.75) is 70.5 Å². The third-order valence-corrected chi connectivity index (χ3v) is 9.48. The molecule has 0 spiro atoms. The summed E-state index contributed by atoms with van der Waals surface area (Å²) >= 11 is 0. The Morgan fingerprint density at radius 3 is 2.61 bits per heavy atom. The van der Waals surface area contributed by atoms with E-state index in [1.165, 1.54) is 34.9 Å². The fourth-order valence-electron chi connectivity index (χ4n) is 7.84. The van der Waals surface area contributed by atoms with Crippen LogP contribution in [0.3, 0.4) is 0 Å². The summed E-state index contributed by atoms with van der Waals surface area (Å²) in [6.07, 6.45) is 10.8. The van der Waals surface area contributed by atoms with E-state index < -0.39 is 0 Å². The summed E-state index contributed by atoms with van der Waals surface area (Å²) in [5.74, 6) is 1.78. The first kappa shape index (κ1) is 23.4. The quantitative estimate of drug-likeness (QED) is 0.285. The molecule has 4 aliphatic rings. The Bertz CT molecular complexity index is 1230. The molecule has 6 rings (SSSR count). The first-order chi connectivity index (χ1) is 17.6. The molecular weight excluding hydrogens is 446 g/mol. The van der Waals surface area contributed by atoms with Crippen molar-refractivity contribution in [2.24, 2.45) is 22.4 Å². The van der Waals surface area contributed by atoms with E-state index >= 15 is 0 Å². The van der Waals surface area contributed by atoms with E-state index in [0.29, 0.717) is 30.8 Å². The van der Waals surface area contributed by atoms with Crippen molar-refractivity contribution in [3.05, 3.63) is 94.1 Å². The second-order valence-corrected chi connectivity index (χ2v) is 11.4. The van der Waals surface area contributed by atoms with Crippen molar-refractivity contribution < 1.29 is 14.7 Å². The van der Waals surface area contributed by atoms with Crippen LogP contribution in [-0.4, -0.2) is 23.3 Å². The SMILES string of the molecule is C[C@]12C[C@H](c3ccc(/C=N/O)cc3)C3=C4CCC(=O)C=C4CCC3C1CC[C@@H]2OCc1ccccc1. The van der Waals surface area contributed by atoms with Crippen molar-refractivity contribution in [3.8, 4) is 0 Å². The van der Waals surface area contributed by atoms with Gasteiger partial charge in [-0.25, -0.2) is 0 Å². The molecule has 1 N–H and O–H groups in total. The van der Waals surface area contributed by atoms with Crippen molar-refractivity contribution >= 4 is 12.0 Å². The fourth-order valence-corrected chi connectivity index (χ4v) is 7.84.